The van der Waals surface area contributed by atoms with Gasteiger partial charge in [-0.3, -0.25) is 9.59 Å². The van der Waals surface area contributed by atoms with E-state index in [0.29, 0.717) is 60.1 Å². The van der Waals surface area contributed by atoms with Gasteiger partial charge in [0.25, 0.3) is 11.5 Å². The van der Waals surface area contributed by atoms with Crippen molar-refractivity contribution in [2.45, 2.75) is 6.92 Å². The second kappa shape index (κ2) is 13.3. The molecule has 8 nitrogen and oxygen atoms in total. The average molecular weight is 711 g/mol. The first-order valence-electron chi connectivity index (χ1n) is 12.8. The number of carbonyl (C=O) groups is 1. The predicted molar refractivity (Wildman–Crippen MR) is 173 cm³/mol. The molecule has 0 bridgehead atoms. The monoisotopic (exact) mass is 708 g/mol. The zero-order valence-corrected chi connectivity index (χ0v) is 26.1. The minimum absolute atomic E-state index is 0.264. The zero-order valence-electron chi connectivity index (χ0n) is 22.2. The Balaban J connectivity index is 1.48. The van der Waals surface area contributed by atoms with Gasteiger partial charge in [-0.25, -0.2) is 4.98 Å². The summed E-state index contributed by atoms with van der Waals surface area (Å²) in [5.41, 5.74) is 2.22. The largest absolute Gasteiger partial charge is 0.490 e. The van der Waals surface area contributed by atoms with Gasteiger partial charge in [0.1, 0.15) is 0 Å². The van der Waals surface area contributed by atoms with Crippen LogP contribution in [0.1, 0.15) is 12.5 Å². The van der Waals surface area contributed by atoms with Gasteiger partial charge in [-0.2, -0.15) is 9.78 Å². The lowest BCUT2D eigenvalue weighted by atomic mass is 10.2. The van der Waals surface area contributed by atoms with Gasteiger partial charge in [-0.05, 0) is 81.2 Å². The summed E-state index contributed by atoms with van der Waals surface area (Å²) in [7, 11) is 0. The van der Waals surface area contributed by atoms with E-state index in [0.717, 1.165) is 5.56 Å². The molecule has 212 valence electrons. The van der Waals surface area contributed by atoms with E-state index in [4.69, 9.17) is 26.1 Å². The number of halogens is 3. The van der Waals surface area contributed by atoms with Gasteiger partial charge in [0.2, 0.25) is 0 Å². The Morgan fingerprint density at radius 3 is 2.45 bits per heavy atom. The van der Waals surface area contributed by atoms with E-state index in [9.17, 15) is 9.59 Å². The average Bonchev–Trinajstić information content (AvgIpc) is 3.00. The van der Waals surface area contributed by atoms with Crippen molar-refractivity contribution in [3.8, 4) is 22.9 Å². The van der Waals surface area contributed by atoms with E-state index in [1.165, 1.54) is 4.68 Å². The molecule has 0 unspecified atom stereocenters. The molecule has 5 rings (SSSR count). The number of anilines is 1. The molecule has 1 amide bonds. The van der Waals surface area contributed by atoms with Gasteiger partial charge >= 0.3 is 0 Å². The molecule has 0 saturated heterocycles. The molecule has 0 fully saturated rings. The molecule has 0 spiro atoms. The lowest BCUT2D eigenvalue weighted by Crippen LogP contribution is -2.21. The molecule has 0 atom stereocenters. The number of nitrogens with one attached hydrogen (secondary N) is 1. The summed E-state index contributed by atoms with van der Waals surface area (Å²) >= 11 is 13.1. The van der Waals surface area contributed by atoms with Crippen LogP contribution in [0.15, 0.2) is 104 Å². The first kappa shape index (κ1) is 29.5. The van der Waals surface area contributed by atoms with Crippen LogP contribution in [0.4, 0.5) is 5.69 Å². The molecule has 0 aliphatic rings. The van der Waals surface area contributed by atoms with Gasteiger partial charge in [-0.15, -0.1) is 0 Å². The minimum atomic E-state index is -0.356. The SMILES string of the molecule is CCOc1cc(C=Nn2c(-c3ccccc3)nc3ccccc3c2=O)c(Br)c(Br)c1OCC(=O)Nc1ccc(Cl)cc1. The van der Waals surface area contributed by atoms with Crippen molar-refractivity contribution in [1.29, 1.82) is 0 Å². The lowest BCUT2D eigenvalue weighted by molar-refractivity contribution is -0.118. The Bertz CT molecular complexity index is 1850. The Morgan fingerprint density at radius 2 is 1.71 bits per heavy atom. The molecular formula is C31H23Br2ClN4O4. The van der Waals surface area contributed by atoms with Crippen molar-refractivity contribution in [2.24, 2.45) is 5.10 Å². The fourth-order valence-electron chi connectivity index (χ4n) is 4.09. The van der Waals surface area contributed by atoms with Crippen LogP contribution in [0.2, 0.25) is 5.02 Å². The van der Waals surface area contributed by atoms with Crippen molar-refractivity contribution >= 4 is 72.2 Å². The number of rotatable bonds is 9. The Kier molecular flexibility index (Phi) is 9.36. The third kappa shape index (κ3) is 6.56. The molecule has 1 N–H and O–H groups in total. The summed E-state index contributed by atoms with van der Waals surface area (Å²) in [6.07, 6.45) is 1.54. The van der Waals surface area contributed by atoms with Crippen LogP contribution < -0.4 is 20.3 Å². The minimum Gasteiger partial charge on any atom is -0.490 e. The number of carbonyl (C=O) groups excluding carboxylic acids is 1. The number of amides is 1. The number of aromatic nitrogens is 2. The van der Waals surface area contributed by atoms with Crippen LogP contribution in [0.5, 0.6) is 11.5 Å². The highest BCUT2D eigenvalue weighted by Crippen LogP contribution is 2.42. The topological polar surface area (TPSA) is 94.8 Å². The molecular weight excluding hydrogens is 688 g/mol. The Morgan fingerprint density at radius 1 is 1.00 bits per heavy atom. The summed E-state index contributed by atoms with van der Waals surface area (Å²) < 4.78 is 14.1. The van der Waals surface area contributed by atoms with Gasteiger partial charge < -0.3 is 14.8 Å². The molecule has 0 aliphatic heterocycles. The van der Waals surface area contributed by atoms with E-state index in [1.807, 2.05) is 43.3 Å². The summed E-state index contributed by atoms with van der Waals surface area (Å²) in [6, 6.07) is 25.0. The smallest absolute Gasteiger partial charge is 0.282 e. The van der Waals surface area contributed by atoms with E-state index in [2.05, 4.69) is 42.3 Å². The molecule has 0 aliphatic carbocycles. The van der Waals surface area contributed by atoms with E-state index in [1.54, 1.807) is 54.7 Å². The molecule has 1 aromatic heterocycles. The predicted octanol–water partition coefficient (Wildman–Crippen LogP) is 7.54. The second-order valence-electron chi connectivity index (χ2n) is 8.88. The third-order valence-electron chi connectivity index (χ3n) is 6.03. The van der Waals surface area contributed by atoms with Crippen molar-refractivity contribution in [1.82, 2.24) is 9.66 Å². The highest BCUT2D eigenvalue weighted by molar-refractivity contribution is 9.13. The normalized spacial score (nSPS) is 11.1. The molecule has 11 heteroatoms. The lowest BCUT2D eigenvalue weighted by Gasteiger charge is -2.16. The highest BCUT2D eigenvalue weighted by Gasteiger charge is 2.19. The van der Waals surface area contributed by atoms with Crippen LogP contribution >= 0.6 is 43.5 Å². The number of benzene rings is 4. The van der Waals surface area contributed by atoms with Crippen molar-refractivity contribution in [2.75, 3.05) is 18.5 Å². The Labute approximate surface area is 263 Å². The first-order valence-corrected chi connectivity index (χ1v) is 14.8. The van der Waals surface area contributed by atoms with Crippen LogP contribution in [0, 0.1) is 0 Å². The van der Waals surface area contributed by atoms with Crippen LogP contribution in [-0.4, -0.2) is 35.0 Å². The maximum absolute atomic E-state index is 13.5. The van der Waals surface area contributed by atoms with E-state index < -0.39 is 0 Å². The fraction of sp³-hybridized carbons (Fsp3) is 0.0968. The number of fused-ring (bicyclic) bond motifs is 1. The number of para-hydroxylation sites is 1. The Hall–Kier alpha value is -3.99. The van der Waals surface area contributed by atoms with Gasteiger partial charge in [0.15, 0.2) is 23.9 Å². The van der Waals surface area contributed by atoms with Gasteiger partial charge in [-0.1, -0.05) is 54.1 Å². The summed E-state index contributed by atoms with van der Waals surface area (Å²) in [4.78, 5) is 30.8. The number of ether oxygens (including phenoxy) is 2. The number of nitrogens with zero attached hydrogens (tertiary/aromatic N) is 3. The second-order valence-corrected chi connectivity index (χ2v) is 10.9. The molecule has 0 radical (unpaired) electrons. The van der Waals surface area contributed by atoms with E-state index >= 15 is 0 Å². The quantitative estimate of drug-likeness (QED) is 0.160. The maximum Gasteiger partial charge on any atom is 0.282 e. The van der Waals surface area contributed by atoms with Crippen molar-refractivity contribution in [3.63, 3.8) is 0 Å². The van der Waals surface area contributed by atoms with E-state index in [-0.39, 0.29) is 18.1 Å². The number of hydrogen-bond acceptors (Lipinski definition) is 6. The summed E-state index contributed by atoms with van der Waals surface area (Å²) in [5.74, 6) is 0.773. The van der Waals surface area contributed by atoms with Gasteiger partial charge in [0.05, 0.1) is 28.2 Å². The standard InChI is InChI=1S/C31H23Br2ClN4O4/c1-2-41-25-16-20(27(32)28(33)29(25)42-18-26(39)36-22-14-12-21(34)13-15-22)17-35-38-30(19-8-4-3-5-9-19)37-24-11-7-6-10-23(24)31(38)40/h3-17H,2,18H2,1H3,(H,36,39). The fourth-order valence-corrected chi connectivity index (χ4v) is 5.15. The first-order chi connectivity index (χ1) is 20.4. The van der Waals surface area contributed by atoms with Crippen LogP contribution in [-0.2, 0) is 4.79 Å². The third-order valence-corrected chi connectivity index (χ3v) is 8.42. The zero-order chi connectivity index (χ0) is 29.6. The van der Waals surface area contributed by atoms with Gasteiger partial charge in [0, 0.05) is 26.3 Å². The highest BCUT2D eigenvalue weighted by atomic mass is 79.9. The summed E-state index contributed by atoms with van der Waals surface area (Å²) in [6.45, 7) is 1.93. The molecule has 1 heterocycles. The molecule has 4 aromatic carbocycles. The summed E-state index contributed by atoms with van der Waals surface area (Å²) in [5, 5.41) is 8.34. The maximum atomic E-state index is 13.5. The number of hydrogen-bond donors (Lipinski definition) is 1. The molecule has 5 aromatic rings. The van der Waals surface area contributed by atoms with Crippen LogP contribution in [0.25, 0.3) is 22.3 Å². The molecule has 42 heavy (non-hydrogen) atoms. The van der Waals surface area contributed by atoms with Crippen molar-refractivity contribution in [3.05, 3.63) is 115 Å². The van der Waals surface area contributed by atoms with Crippen molar-refractivity contribution < 1.29 is 14.3 Å². The van der Waals surface area contributed by atoms with Crippen LogP contribution in [0.3, 0.4) is 0 Å². The molecule has 0 saturated carbocycles.